The zero-order valence-electron chi connectivity index (χ0n) is 14.7. The summed E-state index contributed by atoms with van der Waals surface area (Å²) in [6.07, 6.45) is 0.546. The van der Waals surface area contributed by atoms with Crippen molar-refractivity contribution in [3.8, 4) is 0 Å². The topological polar surface area (TPSA) is 58.2 Å². The number of anilines is 1. The third-order valence-corrected chi connectivity index (χ3v) is 4.05. The fourth-order valence-corrected chi connectivity index (χ4v) is 2.75. The van der Waals surface area contributed by atoms with Gasteiger partial charge in [-0.2, -0.15) is 0 Å². The molecule has 4 nitrogen and oxygen atoms in total. The van der Waals surface area contributed by atoms with Crippen LogP contribution in [0.2, 0.25) is 5.02 Å². The van der Waals surface area contributed by atoms with E-state index in [1.54, 1.807) is 30.3 Å². The quantitative estimate of drug-likeness (QED) is 0.802. The van der Waals surface area contributed by atoms with Gasteiger partial charge in [-0.1, -0.05) is 49.7 Å². The van der Waals surface area contributed by atoms with Crippen LogP contribution in [0, 0.1) is 12.8 Å². The second-order valence-electron chi connectivity index (χ2n) is 6.47. The van der Waals surface area contributed by atoms with Crippen LogP contribution in [0.15, 0.2) is 48.5 Å². The van der Waals surface area contributed by atoms with Gasteiger partial charge in [-0.25, -0.2) is 0 Å². The Morgan fingerprint density at radius 2 is 1.80 bits per heavy atom. The first-order chi connectivity index (χ1) is 11.9. The van der Waals surface area contributed by atoms with Crippen molar-refractivity contribution >= 4 is 29.1 Å². The van der Waals surface area contributed by atoms with E-state index in [1.807, 2.05) is 39.0 Å². The van der Waals surface area contributed by atoms with E-state index in [4.69, 9.17) is 11.6 Å². The van der Waals surface area contributed by atoms with Crippen LogP contribution in [-0.2, 0) is 4.79 Å². The number of benzene rings is 2. The van der Waals surface area contributed by atoms with Gasteiger partial charge in [0, 0.05) is 16.3 Å². The summed E-state index contributed by atoms with van der Waals surface area (Å²) in [7, 11) is 0. The molecule has 0 bridgehead atoms. The number of amides is 2. The van der Waals surface area contributed by atoms with Crippen LogP contribution in [0.1, 0.15) is 36.2 Å². The lowest BCUT2D eigenvalue weighted by atomic mass is 10.0. The average Bonchev–Trinajstić information content (AvgIpc) is 2.54. The molecule has 0 spiro atoms. The largest absolute Gasteiger partial charge is 0.340 e. The van der Waals surface area contributed by atoms with Gasteiger partial charge in [-0.3, -0.25) is 9.59 Å². The SMILES string of the molecule is Cc1ccccc1C(=O)NC(CC(C)C)C(=O)Nc1cccc(Cl)c1. The zero-order valence-corrected chi connectivity index (χ0v) is 15.4. The lowest BCUT2D eigenvalue weighted by molar-refractivity contribution is -0.118. The van der Waals surface area contributed by atoms with Gasteiger partial charge < -0.3 is 10.6 Å². The maximum absolute atomic E-state index is 12.6. The van der Waals surface area contributed by atoms with E-state index in [0.717, 1.165) is 5.56 Å². The molecule has 132 valence electrons. The molecule has 1 atom stereocenters. The smallest absolute Gasteiger partial charge is 0.252 e. The second-order valence-corrected chi connectivity index (χ2v) is 6.91. The first-order valence-electron chi connectivity index (χ1n) is 8.29. The van der Waals surface area contributed by atoms with Crippen molar-refractivity contribution in [2.75, 3.05) is 5.32 Å². The minimum absolute atomic E-state index is 0.245. The molecule has 25 heavy (non-hydrogen) atoms. The lowest BCUT2D eigenvalue weighted by Crippen LogP contribution is -2.44. The van der Waals surface area contributed by atoms with Crippen molar-refractivity contribution in [3.63, 3.8) is 0 Å². The molecule has 0 saturated heterocycles. The molecule has 0 aliphatic carbocycles. The van der Waals surface area contributed by atoms with Crippen LogP contribution in [0.4, 0.5) is 5.69 Å². The Morgan fingerprint density at radius 1 is 1.08 bits per heavy atom. The zero-order chi connectivity index (χ0) is 18.4. The molecule has 2 rings (SSSR count). The Balaban J connectivity index is 2.13. The van der Waals surface area contributed by atoms with Crippen molar-refractivity contribution in [1.29, 1.82) is 0 Å². The average molecular weight is 359 g/mol. The fraction of sp³-hybridized carbons (Fsp3) is 0.300. The highest BCUT2D eigenvalue weighted by molar-refractivity contribution is 6.30. The summed E-state index contributed by atoms with van der Waals surface area (Å²) >= 11 is 5.95. The van der Waals surface area contributed by atoms with Crippen molar-refractivity contribution in [2.45, 2.75) is 33.2 Å². The van der Waals surface area contributed by atoms with Crippen LogP contribution >= 0.6 is 11.6 Å². The maximum atomic E-state index is 12.6. The van der Waals surface area contributed by atoms with E-state index in [0.29, 0.717) is 22.7 Å². The normalized spacial score (nSPS) is 11.9. The van der Waals surface area contributed by atoms with E-state index in [2.05, 4.69) is 10.6 Å². The number of rotatable bonds is 6. The predicted octanol–water partition coefficient (Wildman–Crippen LogP) is 4.43. The van der Waals surface area contributed by atoms with Gasteiger partial charge in [0.15, 0.2) is 0 Å². The Bertz CT molecular complexity index is 759. The Labute approximate surface area is 153 Å². The van der Waals surface area contributed by atoms with Gasteiger partial charge in [0.1, 0.15) is 6.04 Å². The number of halogens is 1. The number of hydrogen-bond donors (Lipinski definition) is 2. The molecule has 0 aliphatic rings. The Morgan fingerprint density at radius 3 is 2.44 bits per heavy atom. The first-order valence-corrected chi connectivity index (χ1v) is 8.67. The first kappa shape index (κ1) is 19.0. The molecule has 0 aliphatic heterocycles. The van der Waals surface area contributed by atoms with Gasteiger partial charge in [0.25, 0.3) is 5.91 Å². The summed E-state index contributed by atoms with van der Waals surface area (Å²) in [5.41, 5.74) is 2.06. The molecular weight excluding hydrogens is 336 g/mol. The van der Waals surface area contributed by atoms with Crippen molar-refractivity contribution in [1.82, 2.24) is 5.32 Å². The maximum Gasteiger partial charge on any atom is 0.252 e. The van der Waals surface area contributed by atoms with Gasteiger partial charge in [-0.05, 0) is 49.1 Å². The highest BCUT2D eigenvalue weighted by Gasteiger charge is 2.23. The summed E-state index contributed by atoms with van der Waals surface area (Å²) < 4.78 is 0. The van der Waals surface area contributed by atoms with Crippen molar-refractivity contribution < 1.29 is 9.59 Å². The van der Waals surface area contributed by atoms with Crippen molar-refractivity contribution in [3.05, 3.63) is 64.7 Å². The molecule has 0 aromatic heterocycles. The van der Waals surface area contributed by atoms with E-state index in [1.165, 1.54) is 0 Å². The van der Waals surface area contributed by atoms with Crippen LogP contribution < -0.4 is 10.6 Å². The number of aryl methyl sites for hydroxylation is 1. The lowest BCUT2D eigenvalue weighted by Gasteiger charge is -2.21. The van der Waals surface area contributed by atoms with Crippen LogP contribution in [-0.4, -0.2) is 17.9 Å². The summed E-state index contributed by atoms with van der Waals surface area (Å²) in [6, 6.07) is 13.6. The molecule has 0 fully saturated rings. The molecule has 2 N–H and O–H groups in total. The highest BCUT2D eigenvalue weighted by atomic mass is 35.5. The number of nitrogens with one attached hydrogen (secondary N) is 2. The summed E-state index contributed by atoms with van der Waals surface area (Å²) in [5, 5.41) is 6.22. The highest BCUT2D eigenvalue weighted by Crippen LogP contribution is 2.16. The van der Waals surface area contributed by atoms with E-state index >= 15 is 0 Å². The molecule has 0 heterocycles. The summed E-state index contributed by atoms with van der Waals surface area (Å²) in [4.78, 5) is 25.2. The second kappa shape index (κ2) is 8.67. The molecule has 0 radical (unpaired) electrons. The number of hydrogen-bond acceptors (Lipinski definition) is 2. The molecule has 2 aromatic rings. The number of carbonyl (C=O) groups excluding carboxylic acids is 2. The number of carbonyl (C=O) groups is 2. The summed E-state index contributed by atoms with van der Waals surface area (Å²) in [6.45, 7) is 5.90. The molecule has 5 heteroatoms. The van der Waals surface area contributed by atoms with Gasteiger partial charge in [0.05, 0.1) is 0 Å². The van der Waals surface area contributed by atoms with E-state index in [-0.39, 0.29) is 17.7 Å². The molecule has 2 aromatic carbocycles. The Kier molecular flexibility index (Phi) is 6.59. The Hall–Kier alpha value is -2.33. The van der Waals surface area contributed by atoms with Gasteiger partial charge in [-0.15, -0.1) is 0 Å². The minimum Gasteiger partial charge on any atom is -0.340 e. The van der Waals surface area contributed by atoms with E-state index in [9.17, 15) is 9.59 Å². The standard InChI is InChI=1S/C20H23ClN2O2/c1-13(2)11-18(20(25)22-16-9-6-8-15(21)12-16)23-19(24)17-10-5-4-7-14(17)3/h4-10,12-13,18H,11H2,1-3H3,(H,22,25)(H,23,24). The molecule has 0 saturated carbocycles. The van der Waals surface area contributed by atoms with Gasteiger partial charge >= 0.3 is 0 Å². The van der Waals surface area contributed by atoms with Crippen LogP contribution in [0.3, 0.4) is 0 Å². The summed E-state index contributed by atoms with van der Waals surface area (Å²) in [5.74, 6) is -0.241. The predicted molar refractivity (Wildman–Crippen MR) is 102 cm³/mol. The molecular formula is C20H23ClN2O2. The third kappa shape index (κ3) is 5.61. The van der Waals surface area contributed by atoms with Crippen molar-refractivity contribution in [2.24, 2.45) is 5.92 Å². The minimum atomic E-state index is -0.619. The van der Waals surface area contributed by atoms with E-state index < -0.39 is 6.04 Å². The van der Waals surface area contributed by atoms with Crippen LogP contribution in [0.5, 0.6) is 0 Å². The monoisotopic (exact) mass is 358 g/mol. The van der Waals surface area contributed by atoms with Gasteiger partial charge in [0.2, 0.25) is 5.91 Å². The van der Waals surface area contributed by atoms with Crippen LogP contribution in [0.25, 0.3) is 0 Å². The fourth-order valence-electron chi connectivity index (χ4n) is 2.56. The third-order valence-electron chi connectivity index (χ3n) is 3.81. The molecule has 1 unspecified atom stereocenters. The molecule has 2 amide bonds.